The van der Waals surface area contributed by atoms with E-state index >= 15 is 0 Å². The van der Waals surface area contributed by atoms with Crippen molar-refractivity contribution in [2.45, 2.75) is 18.9 Å². The zero-order valence-electron chi connectivity index (χ0n) is 9.06. The van der Waals surface area contributed by atoms with E-state index in [0.29, 0.717) is 6.04 Å². The van der Waals surface area contributed by atoms with Crippen LogP contribution in [0.4, 0.5) is 5.82 Å². The molecule has 0 radical (unpaired) electrons. The van der Waals surface area contributed by atoms with E-state index in [2.05, 4.69) is 20.7 Å². The number of aromatic nitrogens is 3. The van der Waals surface area contributed by atoms with Crippen LogP contribution in [-0.4, -0.2) is 33.7 Å². The van der Waals surface area contributed by atoms with Crippen LogP contribution in [0.25, 0.3) is 5.52 Å². The van der Waals surface area contributed by atoms with Crippen molar-refractivity contribution in [3.63, 3.8) is 0 Å². The first-order chi connectivity index (χ1) is 7.93. The Morgan fingerprint density at radius 1 is 1.31 bits per heavy atom. The Morgan fingerprint density at radius 2 is 2.19 bits per heavy atom. The van der Waals surface area contributed by atoms with Crippen LogP contribution in [0.1, 0.15) is 12.8 Å². The summed E-state index contributed by atoms with van der Waals surface area (Å²) < 4.78 is 1.84. The monoisotopic (exact) mass is 217 g/mol. The Balaban J connectivity index is 1.85. The van der Waals surface area contributed by atoms with Crippen LogP contribution in [0.15, 0.2) is 24.7 Å². The zero-order valence-corrected chi connectivity index (χ0v) is 9.06. The van der Waals surface area contributed by atoms with Gasteiger partial charge in [-0.1, -0.05) is 0 Å². The minimum absolute atomic E-state index is 0.523. The van der Waals surface area contributed by atoms with Gasteiger partial charge in [-0.25, -0.2) is 9.50 Å². The summed E-state index contributed by atoms with van der Waals surface area (Å²) in [6.07, 6.45) is 7.74. The second kappa shape index (κ2) is 4.09. The van der Waals surface area contributed by atoms with Gasteiger partial charge in [0.1, 0.15) is 5.52 Å². The van der Waals surface area contributed by atoms with Crippen molar-refractivity contribution in [2.75, 3.05) is 18.4 Å². The van der Waals surface area contributed by atoms with E-state index in [1.165, 1.54) is 0 Å². The van der Waals surface area contributed by atoms with E-state index in [9.17, 15) is 0 Å². The van der Waals surface area contributed by atoms with Crippen LogP contribution < -0.4 is 10.6 Å². The number of hydrogen-bond donors (Lipinski definition) is 2. The first kappa shape index (κ1) is 9.59. The largest absolute Gasteiger partial charge is 0.365 e. The molecule has 1 saturated heterocycles. The number of piperidine rings is 1. The summed E-state index contributed by atoms with van der Waals surface area (Å²) in [7, 11) is 0. The van der Waals surface area contributed by atoms with E-state index in [4.69, 9.17) is 0 Å². The third-order valence-electron chi connectivity index (χ3n) is 3.00. The van der Waals surface area contributed by atoms with Crippen molar-refractivity contribution in [1.29, 1.82) is 0 Å². The molecule has 0 atom stereocenters. The molecular formula is C11H15N5. The van der Waals surface area contributed by atoms with E-state index in [0.717, 1.165) is 37.3 Å². The molecule has 0 aromatic carbocycles. The van der Waals surface area contributed by atoms with Crippen molar-refractivity contribution < 1.29 is 0 Å². The Bertz CT molecular complexity index is 472. The van der Waals surface area contributed by atoms with Crippen molar-refractivity contribution >= 4 is 11.3 Å². The molecule has 3 rings (SSSR count). The highest BCUT2D eigenvalue weighted by atomic mass is 15.2. The predicted molar refractivity (Wildman–Crippen MR) is 62.5 cm³/mol. The van der Waals surface area contributed by atoms with Crippen molar-refractivity contribution in [2.24, 2.45) is 0 Å². The zero-order chi connectivity index (χ0) is 10.8. The molecule has 5 nitrogen and oxygen atoms in total. The summed E-state index contributed by atoms with van der Waals surface area (Å²) in [4.78, 5) is 4.38. The van der Waals surface area contributed by atoms with Gasteiger partial charge in [0.25, 0.3) is 0 Å². The first-order valence-corrected chi connectivity index (χ1v) is 5.69. The lowest BCUT2D eigenvalue weighted by Gasteiger charge is -2.24. The molecule has 0 spiro atoms. The Labute approximate surface area is 93.9 Å². The number of rotatable bonds is 2. The van der Waals surface area contributed by atoms with E-state index in [1.54, 1.807) is 12.4 Å². The van der Waals surface area contributed by atoms with Gasteiger partial charge < -0.3 is 10.6 Å². The minimum Gasteiger partial charge on any atom is -0.365 e. The van der Waals surface area contributed by atoms with Crippen LogP contribution in [-0.2, 0) is 0 Å². The Kier molecular flexibility index (Phi) is 2.46. The van der Waals surface area contributed by atoms with Gasteiger partial charge in [0, 0.05) is 18.4 Å². The fourth-order valence-electron chi connectivity index (χ4n) is 2.13. The number of anilines is 1. The van der Waals surface area contributed by atoms with E-state index in [1.807, 2.05) is 16.8 Å². The quantitative estimate of drug-likeness (QED) is 0.784. The maximum atomic E-state index is 4.38. The summed E-state index contributed by atoms with van der Waals surface area (Å²) in [6, 6.07) is 2.51. The average Bonchev–Trinajstić information content (AvgIpc) is 2.80. The van der Waals surface area contributed by atoms with Crippen LogP contribution >= 0.6 is 0 Å². The topological polar surface area (TPSA) is 54.2 Å². The normalized spacial score (nSPS) is 17.8. The molecular weight excluding hydrogens is 202 g/mol. The van der Waals surface area contributed by atoms with Gasteiger partial charge in [0.2, 0.25) is 0 Å². The smallest absolute Gasteiger partial charge is 0.152 e. The molecule has 1 fully saturated rings. The summed E-state index contributed by atoms with van der Waals surface area (Å²) in [5, 5.41) is 11.0. The Hall–Kier alpha value is -1.62. The molecule has 0 amide bonds. The van der Waals surface area contributed by atoms with Crippen molar-refractivity contribution in [3.8, 4) is 0 Å². The molecule has 0 aliphatic carbocycles. The van der Waals surface area contributed by atoms with Gasteiger partial charge >= 0.3 is 0 Å². The molecule has 0 bridgehead atoms. The lowest BCUT2D eigenvalue weighted by molar-refractivity contribution is 0.478. The molecule has 84 valence electrons. The lowest BCUT2D eigenvalue weighted by atomic mass is 10.1. The molecule has 2 aromatic rings. The summed E-state index contributed by atoms with van der Waals surface area (Å²) in [5.74, 6) is 0.937. The van der Waals surface area contributed by atoms with Crippen molar-refractivity contribution in [1.82, 2.24) is 19.9 Å². The molecule has 1 aliphatic rings. The van der Waals surface area contributed by atoms with Gasteiger partial charge in [-0.15, -0.1) is 0 Å². The third-order valence-corrected chi connectivity index (χ3v) is 3.00. The van der Waals surface area contributed by atoms with Gasteiger partial charge in [-0.05, 0) is 32.0 Å². The SMILES string of the molecule is c1cn2nccc2c(NC2CCNCC2)n1. The van der Waals surface area contributed by atoms with Gasteiger partial charge in [-0.3, -0.25) is 0 Å². The summed E-state index contributed by atoms with van der Waals surface area (Å²) in [5.41, 5.74) is 1.04. The Morgan fingerprint density at radius 3 is 3.06 bits per heavy atom. The molecule has 2 N–H and O–H groups in total. The van der Waals surface area contributed by atoms with Gasteiger partial charge in [0.15, 0.2) is 5.82 Å². The lowest BCUT2D eigenvalue weighted by Crippen LogP contribution is -2.35. The number of nitrogens with one attached hydrogen (secondary N) is 2. The predicted octanol–water partition coefficient (Wildman–Crippen LogP) is 0.893. The molecule has 5 heteroatoms. The highest BCUT2D eigenvalue weighted by Gasteiger charge is 2.14. The molecule has 2 aromatic heterocycles. The maximum absolute atomic E-state index is 4.38. The van der Waals surface area contributed by atoms with Gasteiger partial charge in [0.05, 0.1) is 6.20 Å². The number of hydrogen-bond acceptors (Lipinski definition) is 4. The standard InChI is InChI=1S/C11H15N5/c1-4-12-5-2-9(1)15-11-10-3-6-14-16(10)8-7-13-11/h3,6-9,12H,1-2,4-5H2,(H,13,15). The molecule has 3 heterocycles. The fourth-order valence-corrected chi connectivity index (χ4v) is 2.13. The van der Waals surface area contributed by atoms with Gasteiger partial charge in [-0.2, -0.15) is 5.10 Å². The highest BCUT2D eigenvalue weighted by molar-refractivity contribution is 5.67. The fraction of sp³-hybridized carbons (Fsp3) is 0.455. The van der Waals surface area contributed by atoms with Crippen LogP contribution in [0, 0.1) is 0 Å². The van der Waals surface area contributed by atoms with E-state index < -0.39 is 0 Å². The summed E-state index contributed by atoms with van der Waals surface area (Å²) in [6.45, 7) is 2.17. The minimum atomic E-state index is 0.523. The first-order valence-electron chi connectivity index (χ1n) is 5.69. The second-order valence-electron chi connectivity index (χ2n) is 4.11. The second-order valence-corrected chi connectivity index (χ2v) is 4.11. The van der Waals surface area contributed by atoms with Crippen LogP contribution in [0.5, 0.6) is 0 Å². The highest BCUT2D eigenvalue weighted by Crippen LogP contribution is 2.16. The maximum Gasteiger partial charge on any atom is 0.152 e. The average molecular weight is 217 g/mol. The molecule has 16 heavy (non-hydrogen) atoms. The van der Waals surface area contributed by atoms with E-state index in [-0.39, 0.29) is 0 Å². The summed E-state index contributed by atoms with van der Waals surface area (Å²) >= 11 is 0. The molecule has 0 saturated carbocycles. The van der Waals surface area contributed by atoms with Crippen LogP contribution in [0.3, 0.4) is 0 Å². The number of fused-ring (bicyclic) bond motifs is 1. The molecule has 1 aliphatic heterocycles. The molecule has 0 unspecified atom stereocenters. The third kappa shape index (κ3) is 1.74. The van der Waals surface area contributed by atoms with Crippen molar-refractivity contribution in [3.05, 3.63) is 24.7 Å². The van der Waals surface area contributed by atoms with Crippen LogP contribution in [0.2, 0.25) is 0 Å². The number of nitrogens with zero attached hydrogens (tertiary/aromatic N) is 3.